The Labute approximate surface area is 98.1 Å². The van der Waals surface area contributed by atoms with Crippen LogP contribution >= 0.6 is 0 Å². The van der Waals surface area contributed by atoms with E-state index in [0.717, 1.165) is 24.7 Å². The Morgan fingerprint density at radius 1 is 1.31 bits per heavy atom. The Morgan fingerprint density at radius 2 is 2.19 bits per heavy atom. The molecule has 0 amide bonds. The topological polar surface area (TPSA) is 40.7 Å². The van der Waals surface area contributed by atoms with Crippen molar-refractivity contribution in [3.05, 3.63) is 18.2 Å². The van der Waals surface area contributed by atoms with Gasteiger partial charge in [-0.2, -0.15) is 0 Å². The first kappa shape index (κ1) is 11.6. The molecule has 1 heterocycles. The molecule has 2 rings (SSSR count). The van der Waals surface area contributed by atoms with E-state index in [4.69, 9.17) is 0 Å². The number of hydrogen-bond acceptors (Lipinski definition) is 2. The van der Waals surface area contributed by atoms with Gasteiger partial charge in [0.2, 0.25) is 0 Å². The lowest BCUT2D eigenvalue weighted by Crippen LogP contribution is -2.25. The highest BCUT2D eigenvalue weighted by Crippen LogP contribution is 2.22. The summed E-state index contributed by atoms with van der Waals surface area (Å²) in [6.07, 6.45) is 13.2. The van der Waals surface area contributed by atoms with E-state index >= 15 is 0 Å². The molecule has 1 saturated carbocycles. The van der Waals surface area contributed by atoms with E-state index in [0.29, 0.717) is 0 Å². The van der Waals surface area contributed by atoms with Gasteiger partial charge in [-0.25, -0.2) is 4.98 Å². The van der Waals surface area contributed by atoms with Crippen LogP contribution in [0.2, 0.25) is 0 Å². The van der Waals surface area contributed by atoms with Crippen LogP contribution in [0, 0.1) is 5.92 Å². The largest absolute Gasteiger partial charge is 0.349 e. The zero-order chi connectivity index (χ0) is 11.1. The summed E-state index contributed by atoms with van der Waals surface area (Å²) in [4.78, 5) is 7.36. The second-order valence-electron chi connectivity index (χ2n) is 4.85. The quantitative estimate of drug-likeness (QED) is 0.725. The summed E-state index contributed by atoms with van der Waals surface area (Å²) in [5, 5.41) is 3.58. The number of nitrogens with one attached hydrogen (secondary N) is 2. The van der Waals surface area contributed by atoms with Crippen molar-refractivity contribution in [2.45, 2.75) is 44.9 Å². The predicted octanol–water partition coefficient (Wildman–Crippen LogP) is 2.51. The van der Waals surface area contributed by atoms with Crippen molar-refractivity contribution < 1.29 is 0 Å². The SMILES string of the molecule is c1c[nH]c(CCCNCC2CCCCC2)n1. The molecule has 90 valence electrons. The minimum atomic E-state index is 0.942. The maximum absolute atomic E-state index is 4.22. The van der Waals surface area contributed by atoms with Crippen molar-refractivity contribution in [1.82, 2.24) is 15.3 Å². The molecule has 0 unspecified atom stereocenters. The fourth-order valence-electron chi connectivity index (χ4n) is 2.51. The van der Waals surface area contributed by atoms with Gasteiger partial charge in [-0.3, -0.25) is 0 Å². The lowest BCUT2D eigenvalue weighted by atomic mass is 9.89. The maximum Gasteiger partial charge on any atom is 0.106 e. The molecule has 1 aromatic rings. The Hall–Kier alpha value is -0.830. The molecule has 3 heteroatoms. The first-order chi connectivity index (χ1) is 7.95. The van der Waals surface area contributed by atoms with Gasteiger partial charge in [0.1, 0.15) is 5.82 Å². The molecule has 0 aliphatic heterocycles. The van der Waals surface area contributed by atoms with Gasteiger partial charge in [0.25, 0.3) is 0 Å². The molecule has 0 radical (unpaired) electrons. The second kappa shape index (κ2) is 6.69. The molecule has 0 spiro atoms. The number of aromatic nitrogens is 2. The maximum atomic E-state index is 4.22. The molecule has 16 heavy (non-hydrogen) atoms. The predicted molar refractivity (Wildman–Crippen MR) is 66.4 cm³/mol. The molecule has 0 aromatic carbocycles. The first-order valence-corrected chi connectivity index (χ1v) is 6.64. The number of hydrogen-bond donors (Lipinski definition) is 2. The molecule has 1 aromatic heterocycles. The Balaban J connectivity index is 1.48. The summed E-state index contributed by atoms with van der Waals surface area (Å²) in [6, 6.07) is 0. The molecule has 0 saturated heterocycles. The summed E-state index contributed by atoms with van der Waals surface area (Å²) in [7, 11) is 0. The average Bonchev–Trinajstić information content (AvgIpc) is 2.83. The zero-order valence-corrected chi connectivity index (χ0v) is 10.0. The normalized spacial score (nSPS) is 17.8. The standard InChI is InChI=1S/C13H23N3/c1-2-5-12(6-3-1)11-14-8-4-7-13-15-9-10-16-13/h9-10,12,14H,1-8,11H2,(H,15,16). The van der Waals surface area contributed by atoms with Crippen molar-refractivity contribution in [2.24, 2.45) is 5.92 Å². The van der Waals surface area contributed by atoms with Crippen LogP contribution in [0.1, 0.15) is 44.3 Å². The average molecular weight is 221 g/mol. The lowest BCUT2D eigenvalue weighted by molar-refractivity contribution is 0.342. The van der Waals surface area contributed by atoms with E-state index in [9.17, 15) is 0 Å². The third-order valence-electron chi connectivity index (χ3n) is 3.48. The van der Waals surface area contributed by atoms with Crippen LogP contribution in [0.15, 0.2) is 12.4 Å². The fraction of sp³-hybridized carbons (Fsp3) is 0.769. The summed E-state index contributed by atoms with van der Waals surface area (Å²) >= 11 is 0. The van der Waals surface area contributed by atoms with Gasteiger partial charge in [0.15, 0.2) is 0 Å². The third-order valence-corrected chi connectivity index (χ3v) is 3.48. The molecule has 1 fully saturated rings. The molecule has 3 nitrogen and oxygen atoms in total. The highest BCUT2D eigenvalue weighted by Gasteiger charge is 2.12. The molecule has 0 atom stereocenters. The van der Waals surface area contributed by atoms with Crippen molar-refractivity contribution >= 4 is 0 Å². The van der Waals surface area contributed by atoms with Crippen LogP contribution in [0.4, 0.5) is 0 Å². The zero-order valence-electron chi connectivity index (χ0n) is 10.0. The van der Waals surface area contributed by atoms with Gasteiger partial charge >= 0.3 is 0 Å². The summed E-state index contributed by atoms with van der Waals surface area (Å²) < 4.78 is 0. The van der Waals surface area contributed by atoms with Crippen LogP contribution < -0.4 is 5.32 Å². The van der Waals surface area contributed by atoms with Crippen LogP contribution in [-0.4, -0.2) is 23.1 Å². The van der Waals surface area contributed by atoms with Gasteiger partial charge in [0.05, 0.1) is 0 Å². The van der Waals surface area contributed by atoms with Crippen LogP contribution in [0.3, 0.4) is 0 Å². The van der Waals surface area contributed by atoms with E-state index in [1.165, 1.54) is 45.1 Å². The van der Waals surface area contributed by atoms with Crippen molar-refractivity contribution in [3.8, 4) is 0 Å². The van der Waals surface area contributed by atoms with Crippen molar-refractivity contribution in [2.75, 3.05) is 13.1 Å². The van der Waals surface area contributed by atoms with Gasteiger partial charge in [0, 0.05) is 18.8 Å². The Kier molecular flexibility index (Phi) is 4.87. The van der Waals surface area contributed by atoms with E-state index in [1.54, 1.807) is 0 Å². The molecular formula is C13H23N3. The van der Waals surface area contributed by atoms with Gasteiger partial charge < -0.3 is 10.3 Å². The summed E-state index contributed by atoms with van der Waals surface area (Å²) in [5.74, 6) is 2.05. The number of rotatable bonds is 6. The smallest absolute Gasteiger partial charge is 0.106 e. The Bertz CT molecular complexity index is 263. The molecule has 1 aliphatic carbocycles. The van der Waals surface area contributed by atoms with E-state index in [-0.39, 0.29) is 0 Å². The molecule has 0 bridgehead atoms. The van der Waals surface area contributed by atoms with Crippen LogP contribution in [0.25, 0.3) is 0 Å². The highest BCUT2D eigenvalue weighted by molar-refractivity contribution is 4.86. The van der Waals surface area contributed by atoms with E-state index in [1.807, 2.05) is 12.4 Å². The molecular weight excluding hydrogens is 198 g/mol. The minimum absolute atomic E-state index is 0.942. The summed E-state index contributed by atoms with van der Waals surface area (Å²) in [5.41, 5.74) is 0. The highest BCUT2D eigenvalue weighted by atomic mass is 14.9. The van der Waals surface area contributed by atoms with Gasteiger partial charge in [-0.05, 0) is 38.3 Å². The Morgan fingerprint density at radius 3 is 2.94 bits per heavy atom. The number of aryl methyl sites for hydroxylation is 1. The van der Waals surface area contributed by atoms with E-state index in [2.05, 4.69) is 15.3 Å². The third kappa shape index (κ3) is 3.97. The van der Waals surface area contributed by atoms with E-state index < -0.39 is 0 Å². The van der Waals surface area contributed by atoms with Crippen LogP contribution in [-0.2, 0) is 6.42 Å². The molecule has 1 aliphatic rings. The first-order valence-electron chi connectivity index (χ1n) is 6.64. The lowest BCUT2D eigenvalue weighted by Gasteiger charge is -2.21. The monoisotopic (exact) mass is 221 g/mol. The van der Waals surface area contributed by atoms with Crippen molar-refractivity contribution in [1.29, 1.82) is 0 Å². The number of H-pyrrole nitrogens is 1. The van der Waals surface area contributed by atoms with Crippen molar-refractivity contribution in [3.63, 3.8) is 0 Å². The molecule has 2 N–H and O–H groups in total. The minimum Gasteiger partial charge on any atom is -0.349 e. The van der Waals surface area contributed by atoms with Gasteiger partial charge in [-0.1, -0.05) is 19.3 Å². The fourth-order valence-corrected chi connectivity index (χ4v) is 2.51. The summed E-state index contributed by atoms with van der Waals surface area (Å²) in [6.45, 7) is 2.34. The number of nitrogens with zero attached hydrogens (tertiary/aromatic N) is 1. The number of aromatic amines is 1. The van der Waals surface area contributed by atoms with Crippen LogP contribution in [0.5, 0.6) is 0 Å². The second-order valence-corrected chi connectivity index (χ2v) is 4.85. The number of imidazole rings is 1. The van der Waals surface area contributed by atoms with Gasteiger partial charge in [-0.15, -0.1) is 0 Å².